The molecule has 2 heterocycles. The Bertz CT molecular complexity index is 613. The normalized spacial score (nSPS) is 17.7. The van der Waals surface area contributed by atoms with Crippen molar-refractivity contribution in [1.82, 2.24) is 9.55 Å². The summed E-state index contributed by atoms with van der Waals surface area (Å²) in [5.41, 5.74) is 1.84. The summed E-state index contributed by atoms with van der Waals surface area (Å²) in [4.78, 5) is 4.57. The average Bonchev–Trinajstić information content (AvgIpc) is 2.92. The molecule has 1 aromatic heterocycles. The van der Waals surface area contributed by atoms with E-state index in [-0.39, 0.29) is 11.7 Å². The van der Waals surface area contributed by atoms with Crippen molar-refractivity contribution in [2.24, 2.45) is 0 Å². The van der Waals surface area contributed by atoms with Crippen LogP contribution in [0.5, 0.6) is 5.75 Å². The first kappa shape index (κ1) is 12.8. The van der Waals surface area contributed by atoms with Crippen LogP contribution in [0, 0.1) is 0 Å². The molecule has 0 bridgehead atoms. The van der Waals surface area contributed by atoms with Crippen LogP contribution in [0.3, 0.4) is 0 Å². The quantitative estimate of drug-likeness (QED) is 0.915. The van der Waals surface area contributed by atoms with Crippen molar-refractivity contribution >= 4 is 23.2 Å². The van der Waals surface area contributed by atoms with Crippen molar-refractivity contribution in [3.63, 3.8) is 0 Å². The zero-order valence-corrected chi connectivity index (χ0v) is 12.0. The van der Waals surface area contributed by atoms with Gasteiger partial charge in [0.1, 0.15) is 11.6 Å². The summed E-state index contributed by atoms with van der Waals surface area (Å²) in [6, 6.07) is 3.22. The number of aryl methyl sites for hydroxylation is 1. The molecule has 100 valence electrons. The van der Waals surface area contributed by atoms with Gasteiger partial charge in [-0.2, -0.15) is 0 Å². The predicted molar refractivity (Wildman–Crippen MR) is 76.2 cm³/mol. The number of imidazole rings is 1. The van der Waals surface area contributed by atoms with Gasteiger partial charge in [-0.05, 0) is 18.6 Å². The highest BCUT2D eigenvalue weighted by Gasteiger charge is 2.29. The summed E-state index contributed by atoms with van der Waals surface area (Å²) in [7, 11) is 0. The Morgan fingerprint density at radius 3 is 2.89 bits per heavy atom. The third-order valence-corrected chi connectivity index (χ3v) is 4.45. The Balaban J connectivity index is 1.95. The minimum Gasteiger partial charge on any atom is -0.508 e. The lowest BCUT2D eigenvalue weighted by molar-refractivity contribution is 0.459. The molecule has 1 aliphatic heterocycles. The Hall–Kier alpha value is -1.19. The molecule has 3 rings (SSSR count). The van der Waals surface area contributed by atoms with Gasteiger partial charge in [0.25, 0.3) is 0 Å². The fourth-order valence-corrected chi connectivity index (χ4v) is 3.14. The van der Waals surface area contributed by atoms with Crippen molar-refractivity contribution < 1.29 is 5.11 Å². The zero-order chi connectivity index (χ0) is 13.6. The van der Waals surface area contributed by atoms with Gasteiger partial charge < -0.3 is 9.67 Å². The number of aromatic nitrogens is 2. The van der Waals surface area contributed by atoms with Crippen LogP contribution in [-0.4, -0.2) is 14.7 Å². The van der Waals surface area contributed by atoms with Gasteiger partial charge in [-0.15, -0.1) is 0 Å². The summed E-state index contributed by atoms with van der Waals surface area (Å²) in [6.07, 6.45) is 3.80. The average molecular weight is 297 g/mol. The van der Waals surface area contributed by atoms with Crippen molar-refractivity contribution in [1.29, 1.82) is 0 Å². The van der Waals surface area contributed by atoms with Crippen molar-refractivity contribution in [3.05, 3.63) is 45.5 Å². The number of aromatic hydroxyl groups is 1. The Kier molecular flexibility index (Phi) is 3.19. The monoisotopic (exact) mass is 296 g/mol. The molecular formula is C14H14Cl2N2O. The van der Waals surface area contributed by atoms with E-state index in [0.717, 1.165) is 36.5 Å². The lowest BCUT2D eigenvalue weighted by atomic mass is 9.96. The Morgan fingerprint density at radius 1 is 1.42 bits per heavy atom. The smallest absolute Gasteiger partial charge is 0.120 e. The molecule has 3 nitrogen and oxygen atoms in total. The maximum Gasteiger partial charge on any atom is 0.120 e. The highest BCUT2D eigenvalue weighted by atomic mass is 35.5. The zero-order valence-electron chi connectivity index (χ0n) is 10.5. The first-order valence-electron chi connectivity index (χ1n) is 6.32. The van der Waals surface area contributed by atoms with Crippen LogP contribution >= 0.6 is 23.2 Å². The molecule has 0 radical (unpaired) electrons. The first-order valence-corrected chi connectivity index (χ1v) is 7.07. The number of rotatable bonds is 2. The fourth-order valence-electron chi connectivity index (χ4n) is 2.66. The van der Waals surface area contributed by atoms with Crippen LogP contribution in [0.4, 0.5) is 0 Å². The van der Waals surface area contributed by atoms with E-state index in [0.29, 0.717) is 10.0 Å². The molecule has 0 spiro atoms. The highest BCUT2D eigenvalue weighted by Crippen LogP contribution is 2.41. The molecule has 1 unspecified atom stereocenters. The number of phenols is 1. The highest BCUT2D eigenvalue weighted by molar-refractivity contribution is 6.42. The van der Waals surface area contributed by atoms with Gasteiger partial charge >= 0.3 is 0 Å². The molecule has 1 atom stereocenters. The van der Waals surface area contributed by atoms with E-state index in [2.05, 4.69) is 22.7 Å². The maximum absolute atomic E-state index is 10.0. The standard InChI is InChI=1S/C14H14Cl2N2O/c1-2-9-7-18-6-8(5-12(18)17-9)13-11(19)4-3-10(15)14(13)16/h3-4,7-8,19H,2,5-6H2,1H3. The van der Waals surface area contributed by atoms with Crippen molar-refractivity contribution in [2.75, 3.05) is 0 Å². The summed E-state index contributed by atoms with van der Waals surface area (Å²) in [5, 5.41) is 11.0. The summed E-state index contributed by atoms with van der Waals surface area (Å²) >= 11 is 12.3. The van der Waals surface area contributed by atoms with Crippen molar-refractivity contribution in [3.8, 4) is 5.75 Å². The number of benzene rings is 1. The number of halogens is 2. The second-order valence-corrected chi connectivity index (χ2v) is 5.63. The molecule has 1 aliphatic rings. The topological polar surface area (TPSA) is 38.0 Å². The van der Waals surface area contributed by atoms with Gasteiger partial charge in [0.05, 0.1) is 15.7 Å². The molecule has 0 amide bonds. The van der Waals surface area contributed by atoms with Gasteiger partial charge in [-0.25, -0.2) is 4.98 Å². The molecule has 0 saturated heterocycles. The van der Waals surface area contributed by atoms with Gasteiger partial charge in [-0.1, -0.05) is 30.1 Å². The third kappa shape index (κ3) is 2.11. The first-order chi connectivity index (χ1) is 9.10. The summed E-state index contributed by atoms with van der Waals surface area (Å²) in [6.45, 7) is 2.88. The summed E-state index contributed by atoms with van der Waals surface area (Å²) in [5.74, 6) is 1.40. The van der Waals surface area contributed by atoms with E-state index in [9.17, 15) is 5.11 Å². The predicted octanol–water partition coefficient (Wildman–Crippen LogP) is 3.80. The number of fused-ring (bicyclic) bond motifs is 1. The minimum absolute atomic E-state index is 0.139. The van der Waals surface area contributed by atoms with Gasteiger partial charge in [0.2, 0.25) is 0 Å². The SMILES string of the molecule is CCc1cn2c(n1)CC(c1c(O)ccc(Cl)c1Cl)C2. The Labute approximate surface area is 121 Å². The molecular weight excluding hydrogens is 283 g/mol. The van der Waals surface area contributed by atoms with Crippen LogP contribution in [0.2, 0.25) is 10.0 Å². The van der Waals surface area contributed by atoms with E-state index in [1.807, 2.05) is 0 Å². The molecule has 2 aromatic rings. The number of nitrogens with zero attached hydrogens (tertiary/aromatic N) is 2. The number of hydrogen-bond acceptors (Lipinski definition) is 2. The van der Waals surface area contributed by atoms with E-state index >= 15 is 0 Å². The largest absolute Gasteiger partial charge is 0.508 e. The van der Waals surface area contributed by atoms with Crippen LogP contribution in [0.15, 0.2) is 18.3 Å². The molecule has 19 heavy (non-hydrogen) atoms. The van der Waals surface area contributed by atoms with Crippen LogP contribution < -0.4 is 0 Å². The van der Waals surface area contributed by atoms with E-state index in [1.54, 1.807) is 12.1 Å². The lowest BCUT2D eigenvalue weighted by Gasteiger charge is -2.14. The molecule has 1 N–H and O–H groups in total. The third-order valence-electron chi connectivity index (χ3n) is 3.64. The number of phenolic OH excluding ortho intramolecular Hbond substituents is 1. The van der Waals surface area contributed by atoms with Gasteiger partial charge in [-0.3, -0.25) is 0 Å². The van der Waals surface area contributed by atoms with E-state index in [4.69, 9.17) is 23.2 Å². The molecule has 0 saturated carbocycles. The van der Waals surface area contributed by atoms with Crippen LogP contribution in [0.25, 0.3) is 0 Å². The summed E-state index contributed by atoms with van der Waals surface area (Å²) < 4.78 is 2.14. The van der Waals surface area contributed by atoms with Crippen LogP contribution in [-0.2, 0) is 19.4 Å². The van der Waals surface area contributed by atoms with Gasteiger partial charge in [0.15, 0.2) is 0 Å². The van der Waals surface area contributed by atoms with E-state index < -0.39 is 0 Å². The Morgan fingerprint density at radius 2 is 2.21 bits per heavy atom. The lowest BCUT2D eigenvalue weighted by Crippen LogP contribution is -2.03. The van der Waals surface area contributed by atoms with Crippen molar-refractivity contribution in [2.45, 2.75) is 32.2 Å². The maximum atomic E-state index is 10.0. The fraction of sp³-hybridized carbons (Fsp3) is 0.357. The molecule has 0 fully saturated rings. The number of hydrogen-bond donors (Lipinski definition) is 1. The molecule has 5 heteroatoms. The minimum atomic E-state index is 0.139. The molecule has 1 aromatic carbocycles. The van der Waals surface area contributed by atoms with Gasteiger partial charge in [0, 0.05) is 30.6 Å². The van der Waals surface area contributed by atoms with E-state index in [1.165, 1.54) is 0 Å². The van der Waals surface area contributed by atoms with Crippen LogP contribution in [0.1, 0.15) is 29.9 Å². The second-order valence-electron chi connectivity index (χ2n) is 4.85. The second kappa shape index (κ2) is 4.73. The molecule has 0 aliphatic carbocycles.